The molecule has 2 saturated heterocycles. The van der Waals surface area contributed by atoms with E-state index < -0.39 is 15.6 Å². The molecule has 3 fully saturated rings. The van der Waals surface area contributed by atoms with Crippen LogP contribution in [0.1, 0.15) is 66.1 Å². The average Bonchev–Trinajstić information content (AvgIpc) is 3.61. The molecule has 3 aliphatic rings. The number of hydrogen-bond acceptors (Lipinski definition) is 5. The number of hydrogen-bond donors (Lipinski definition) is 0. The van der Waals surface area contributed by atoms with Gasteiger partial charge in [0.25, 0.3) is 5.91 Å². The Labute approximate surface area is 202 Å². The highest BCUT2D eigenvalue weighted by atomic mass is 32.2. The van der Waals surface area contributed by atoms with Crippen LogP contribution in [-0.4, -0.2) is 67.0 Å². The van der Waals surface area contributed by atoms with E-state index in [-0.39, 0.29) is 11.7 Å². The molecule has 1 amide bonds. The third-order valence-corrected chi connectivity index (χ3v) is 9.66. The zero-order chi connectivity index (χ0) is 24.1. The van der Waals surface area contributed by atoms with Crippen LogP contribution in [0.25, 0.3) is 0 Å². The van der Waals surface area contributed by atoms with Gasteiger partial charge in [0.15, 0.2) is 0 Å². The van der Waals surface area contributed by atoms with Crippen LogP contribution in [0.2, 0.25) is 0 Å². The molecule has 0 radical (unpaired) electrons. The van der Waals surface area contributed by atoms with Gasteiger partial charge in [0.05, 0.1) is 11.3 Å². The molecule has 7 nitrogen and oxygen atoms in total. The number of carbonyl (C=O) groups is 1. The predicted octanol–water partition coefficient (Wildman–Crippen LogP) is 3.50. The molecule has 8 heteroatoms. The Kier molecular flexibility index (Phi) is 5.92. The SMILES string of the molecule is Cc1cc(C2CC2)cnc1N1CCN(C(=O)c2ccc(C(C)(C)N3CCCS3(=O)=O)cc2)CC1. The number of amides is 1. The Hall–Kier alpha value is -2.45. The van der Waals surface area contributed by atoms with Gasteiger partial charge in [-0.15, -0.1) is 0 Å². The molecular formula is C26H34N4O3S. The molecule has 0 bridgehead atoms. The summed E-state index contributed by atoms with van der Waals surface area (Å²) in [6, 6.07) is 9.72. The van der Waals surface area contributed by atoms with E-state index >= 15 is 0 Å². The third-order valence-electron chi connectivity index (χ3n) is 7.55. The molecule has 1 aromatic carbocycles. The van der Waals surface area contributed by atoms with Crippen molar-refractivity contribution in [3.8, 4) is 0 Å². The highest BCUT2D eigenvalue weighted by molar-refractivity contribution is 7.89. The summed E-state index contributed by atoms with van der Waals surface area (Å²) >= 11 is 0. The van der Waals surface area contributed by atoms with Gasteiger partial charge in [0, 0.05) is 44.5 Å². The lowest BCUT2D eigenvalue weighted by atomic mass is 9.93. The lowest BCUT2D eigenvalue weighted by Gasteiger charge is -2.36. The predicted molar refractivity (Wildman–Crippen MR) is 134 cm³/mol. The van der Waals surface area contributed by atoms with E-state index in [0.717, 1.165) is 24.5 Å². The van der Waals surface area contributed by atoms with Gasteiger partial charge in [0.1, 0.15) is 5.82 Å². The largest absolute Gasteiger partial charge is 0.353 e. The standard InChI is InChI=1S/C26H34N4O3S/c1-19-17-22(20-5-6-20)18-27-24(19)28-12-14-29(15-13-28)25(31)21-7-9-23(10-8-21)26(2,3)30-11-4-16-34(30,32)33/h7-10,17-18,20H,4-6,11-16H2,1-3H3. The normalized spacial score (nSPS) is 21.1. The van der Waals surface area contributed by atoms with Crippen LogP contribution in [0.5, 0.6) is 0 Å². The molecule has 0 unspecified atom stereocenters. The van der Waals surface area contributed by atoms with Crippen LogP contribution in [0, 0.1) is 6.92 Å². The number of piperazine rings is 1. The summed E-state index contributed by atoms with van der Waals surface area (Å²) < 4.78 is 26.4. The van der Waals surface area contributed by atoms with Crippen LogP contribution in [0.3, 0.4) is 0 Å². The number of sulfonamides is 1. The number of rotatable bonds is 5. The lowest BCUT2D eigenvalue weighted by molar-refractivity contribution is 0.0746. The van der Waals surface area contributed by atoms with E-state index in [1.807, 2.05) is 49.2 Å². The summed E-state index contributed by atoms with van der Waals surface area (Å²) in [6.07, 6.45) is 5.23. The maximum absolute atomic E-state index is 13.1. The summed E-state index contributed by atoms with van der Waals surface area (Å²) in [4.78, 5) is 22.1. The van der Waals surface area contributed by atoms with Crippen molar-refractivity contribution in [2.45, 2.75) is 51.5 Å². The summed E-state index contributed by atoms with van der Waals surface area (Å²) in [5, 5.41) is 0. The van der Waals surface area contributed by atoms with Crippen LogP contribution >= 0.6 is 0 Å². The summed E-state index contributed by atoms with van der Waals surface area (Å²) in [5.41, 5.74) is 3.46. The molecule has 1 saturated carbocycles. The van der Waals surface area contributed by atoms with E-state index in [9.17, 15) is 13.2 Å². The zero-order valence-electron chi connectivity index (χ0n) is 20.3. The molecule has 1 aromatic heterocycles. The third kappa shape index (κ3) is 4.33. The van der Waals surface area contributed by atoms with Gasteiger partial charge in [-0.2, -0.15) is 4.31 Å². The van der Waals surface area contributed by atoms with Crippen molar-refractivity contribution in [2.75, 3.05) is 43.4 Å². The molecule has 3 heterocycles. The molecule has 2 aromatic rings. The van der Waals surface area contributed by atoms with Gasteiger partial charge in [-0.25, -0.2) is 13.4 Å². The minimum Gasteiger partial charge on any atom is -0.353 e. The maximum Gasteiger partial charge on any atom is 0.253 e. The highest BCUT2D eigenvalue weighted by Gasteiger charge is 2.40. The molecular weight excluding hydrogens is 448 g/mol. The van der Waals surface area contributed by atoms with Crippen LogP contribution in [0.4, 0.5) is 5.82 Å². The van der Waals surface area contributed by atoms with Crippen LogP contribution in [-0.2, 0) is 15.6 Å². The number of aryl methyl sites for hydroxylation is 1. The van der Waals surface area contributed by atoms with E-state index in [0.29, 0.717) is 37.5 Å². The molecule has 182 valence electrons. The topological polar surface area (TPSA) is 73.8 Å². The summed E-state index contributed by atoms with van der Waals surface area (Å²) in [5.74, 6) is 1.96. The van der Waals surface area contributed by atoms with Crippen molar-refractivity contribution in [1.82, 2.24) is 14.2 Å². The van der Waals surface area contributed by atoms with Crippen LogP contribution < -0.4 is 4.90 Å². The number of pyridine rings is 1. The number of aromatic nitrogens is 1. The van der Waals surface area contributed by atoms with Crippen molar-refractivity contribution < 1.29 is 13.2 Å². The summed E-state index contributed by atoms with van der Waals surface area (Å²) in [7, 11) is -3.22. The first-order valence-electron chi connectivity index (χ1n) is 12.3. The minimum absolute atomic E-state index is 0.0200. The fourth-order valence-electron chi connectivity index (χ4n) is 5.30. The Morgan fingerprint density at radius 2 is 1.71 bits per heavy atom. The average molecular weight is 483 g/mol. The second-order valence-electron chi connectivity index (χ2n) is 10.3. The van der Waals surface area contributed by atoms with Gasteiger partial charge >= 0.3 is 0 Å². The van der Waals surface area contributed by atoms with Crippen molar-refractivity contribution in [2.24, 2.45) is 0 Å². The number of anilines is 1. The molecule has 1 aliphatic carbocycles. The smallest absolute Gasteiger partial charge is 0.253 e. The Morgan fingerprint density at radius 3 is 2.26 bits per heavy atom. The Balaban J connectivity index is 1.23. The quantitative estimate of drug-likeness (QED) is 0.652. The second-order valence-corrected chi connectivity index (χ2v) is 12.4. The monoisotopic (exact) mass is 482 g/mol. The minimum atomic E-state index is -3.22. The fraction of sp³-hybridized carbons (Fsp3) is 0.538. The Morgan fingerprint density at radius 1 is 1.03 bits per heavy atom. The highest BCUT2D eigenvalue weighted by Crippen LogP contribution is 2.40. The van der Waals surface area contributed by atoms with Crippen molar-refractivity contribution in [3.05, 3.63) is 58.8 Å². The molecule has 2 aliphatic heterocycles. The second kappa shape index (κ2) is 8.64. The number of carbonyl (C=O) groups excluding carboxylic acids is 1. The van der Waals surface area contributed by atoms with Crippen molar-refractivity contribution >= 4 is 21.7 Å². The maximum atomic E-state index is 13.1. The molecule has 5 rings (SSSR count). The number of nitrogens with zero attached hydrogens (tertiary/aromatic N) is 4. The fourth-order valence-corrected chi connectivity index (χ4v) is 7.22. The van der Waals surface area contributed by atoms with E-state index in [2.05, 4.69) is 17.9 Å². The molecule has 0 N–H and O–H groups in total. The van der Waals surface area contributed by atoms with Gasteiger partial charge in [-0.1, -0.05) is 18.2 Å². The van der Waals surface area contributed by atoms with E-state index in [4.69, 9.17) is 4.98 Å². The van der Waals surface area contributed by atoms with Gasteiger partial charge in [-0.3, -0.25) is 4.79 Å². The van der Waals surface area contributed by atoms with Crippen LogP contribution in [0.15, 0.2) is 36.5 Å². The summed E-state index contributed by atoms with van der Waals surface area (Å²) in [6.45, 7) is 9.37. The first-order valence-corrected chi connectivity index (χ1v) is 13.9. The Bertz CT molecular complexity index is 1180. The molecule has 34 heavy (non-hydrogen) atoms. The van der Waals surface area contributed by atoms with Crippen molar-refractivity contribution in [3.63, 3.8) is 0 Å². The lowest BCUT2D eigenvalue weighted by Crippen LogP contribution is -2.49. The van der Waals surface area contributed by atoms with Gasteiger partial charge < -0.3 is 9.80 Å². The van der Waals surface area contributed by atoms with Gasteiger partial charge in [0.2, 0.25) is 10.0 Å². The molecule has 0 atom stereocenters. The zero-order valence-corrected chi connectivity index (χ0v) is 21.1. The number of benzene rings is 1. The molecule has 0 spiro atoms. The first kappa shape index (κ1) is 23.3. The van der Waals surface area contributed by atoms with E-state index in [1.54, 1.807) is 4.31 Å². The van der Waals surface area contributed by atoms with Gasteiger partial charge in [-0.05, 0) is 74.8 Å². The van der Waals surface area contributed by atoms with E-state index in [1.165, 1.54) is 24.0 Å². The first-order chi connectivity index (χ1) is 16.2. The van der Waals surface area contributed by atoms with Crippen molar-refractivity contribution in [1.29, 1.82) is 0 Å².